The summed E-state index contributed by atoms with van der Waals surface area (Å²) in [7, 11) is 0. The Morgan fingerprint density at radius 3 is 2.61 bits per heavy atom. The largest absolute Gasteiger partial charge is 0.476 e. The van der Waals surface area contributed by atoms with E-state index in [2.05, 4.69) is 4.98 Å². The molecule has 0 fully saturated rings. The number of hydrogen-bond donors (Lipinski definition) is 2. The van der Waals surface area contributed by atoms with E-state index in [1.807, 2.05) is 0 Å². The third-order valence-electron chi connectivity index (χ3n) is 2.52. The summed E-state index contributed by atoms with van der Waals surface area (Å²) < 4.78 is 37.5. The van der Waals surface area contributed by atoms with Gasteiger partial charge in [-0.25, -0.2) is 9.78 Å². The number of imidazole rings is 1. The molecule has 98 valence electrons. The average Bonchev–Trinajstić information content (AvgIpc) is 2.74. The Balaban J connectivity index is 2.35. The second kappa shape index (κ2) is 4.00. The molecular formula is C9H8F3N3O3. The molecule has 1 amide bonds. The van der Waals surface area contributed by atoms with Crippen molar-refractivity contribution in [3.63, 3.8) is 0 Å². The number of carbonyl (C=O) groups is 2. The van der Waals surface area contributed by atoms with Gasteiger partial charge in [-0.1, -0.05) is 0 Å². The molecule has 0 spiro atoms. The number of halogens is 3. The Hall–Kier alpha value is -2.06. The predicted molar refractivity (Wildman–Crippen MR) is 52.2 cm³/mol. The normalized spacial score (nSPS) is 14.4. The highest BCUT2D eigenvalue weighted by atomic mass is 19.4. The first-order valence-corrected chi connectivity index (χ1v) is 5.01. The Bertz CT molecular complexity index is 521. The monoisotopic (exact) mass is 263 g/mol. The third kappa shape index (κ3) is 2.03. The Labute approximate surface area is 98.4 Å². The maximum atomic E-state index is 12.1. The summed E-state index contributed by atoms with van der Waals surface area (Å²) in [5.41, 5.74) is -0.417. The molecule has 1 aromatic rings. The van der Waals surface area contributed by atoms with Crippen LogP contribution < -0.4 is 5.32 Å². The van der Waals surface area contributed by atoms with Crippen LogP contribution in [0.5, 0.6) is 0 Å². The smallest absolute Gasteiger partial charge is 0.471 e. The van der Waals surface area contributed by atoms with Gasteiger partial charge in [-0.15, -0.1) is 0 Å². The van der Waals surface area contributed by atoms with Crippen LogP contribution in [-0.4, -0.2) is 32.7 Å². The summed E-state index contributed by atoms with van der Waals surface area (Å²) in [6, 6.07) is 0. The maximum Gasteiger partial charge on any atom is 0.471 e. The van der Waals surface area contributed by atoms with E-state index in [1.165, 1.54) is 9.88 Å². The fourth-order valence-corrected chi connectivity index (χ4v) is 1.81. The number of carboxylic acid groups (broad SMARTS) is 1. The lowest BCUT2D eigenvalue weighted by Crippen LogP contribution is -2.31. The number of fused-ring (bicyclic) bond motifs is 1. The number of alkyl halides is 3. The standard InChI is InChI=1S/C9H8F3N3O3/c10-9(11,12)8(18)14-6-5(7(16)17)15-3-1-2-4(15)13-6/h1-3H2,(H,14,18)(H,16,17). The van der Waals surface area contributed by atoms with E-state index in [0.29, 0.717) is 25.2 Å². The molecule has 0 aliphatic carbocycles. The third-order valence-corrected chi connectivity index (χ3v) is 2.52. The van der Waals surface area contributed by atoms with Crippen LogP contribution in [0.15, 0.2) is 0 Å². The minimum atomic E-state index is -5.08. The van der Waals surface area contributed by atoms with Crippen molar-refractivity contribution in [1.82, 2.24) is 9.55 Å². The van der Waals surface area contributed by atoms with Crippen molar-refractivity contribution in [1.29, 1.82) is 0 Å². The van der Waals surface area contributed by atoms with Crippen LogP contribution in [0.3, 0.4) is 0 Å². The molecule has 0 radical (unpaired) electrons. The van der Waals surface area contributed by atoms with Gasteiger partial charge in [0.15, 0.2) is 11.5 Å². The van der Waals surface area contributed by atoms with E-state index in [1.54, 1.807) is 0 Å². The molecule has 0 unspecified atom stereocenters. The van der Waals surface area contributed by atoms with E-state index in [-0.39, 0.29) is 0 Å². The number of aryl methyl sites for hydroxylation is 1. The number of nitrogens with one attached hydrogen (secondary N) is 1. The van der Waals surface area contributed by atoms with Crippen LogP contribution in [0.4, 0.5) is 19.0 Å². The number of rotatable bonds is 2. The van der Waals surface area contributed by atoms with Crippen LogP contribution >= 0.6 is 0 Å². The highest BCUT2D eigenvalue weighted by molar-refractivity contribution is 6.00. The van der Waals surface area contributed by atoms with Gasteiger partial charge in [0.05, 0.1) is 0 Å². The molecule has 2 N–H and O–H groups in total. The van der Waals surface area contributed by atoms with Crippen LogP contribution in [-0.2, 0) is 17.8 Å². The van der Waals surface area contributed by atoms with Gasteiger partial charge in [0.1, 0.15) is 5.82 Å². The van der Waals surface area contributed by atoms with Gasteiger partial charge in [-0.3, -0.25) is 4.79 Å². The topological polar surface area (TPSA) is 84.2 Å². The zero-order valence-electron chi connectivity index (χ0n) is 8.91. The molecule has 0 atom stereocenters. The van der Waals surface area contributed by atoms with Gasteiger partial charge in [-0.05, 0) is 6.42 Å². The molecule has 9 heteroatoms. The van der Waals surface area contributed by atoms with E-state index >= 15 is 0 Å². The molecular weight excluding hydrogens is 255 g/mol. The van der Waals surface area contributed by atoms with Crippen LogP contribution in [0, 0.1) is 0 Å². The van der Waals surface area contributed by atoms with Gasteiger partial charge in [-0.2, -0.15) is 13.2 Å². The lowest BCUT2D eigenvalue weighted by Gasteiger charge is -2.07. The molecule has 2 rings (SSSR count). The van der Waals surface area contributed by atoms with Crippen molar-refractivity contribution in [2.75, 3.05) is 5.32 Å². The van der Waals surface area contributed by atoms with Crippen molar-refractivity contribution in [3.05, 3.63) is 11.5 Å². The quantitative estimate of drug-likeness (QED) is 0.834. The Kier molecular flexibility index (Phi) is 2.76. The molecule has 6 nitrogen and oxygen atoms in total. The summed E-state index contributed by atoms with van der Waals surface area (Å²) in [6.45, 7) is 0.367. The summed E-state index contributed by atoms with van der Waals surface area (Å²) in [5, 5.41) is 10.4. The first-order chi connectivity index (χ1) is 8.30. The number of hydrogen-bond acceptors (Lipinski definition) is 3. The average molecular weight is 263 g/mol. The van der Waals surface area contributed by atoms with Crippen molar-refractivity contribution >= 4 is 17.7 Å². The molecule has 1 aromatic heterocycles. The number of anilines is 1. The predicted octanol–water partition coefficient (Wildman–Crippen LogP) is 1.03. The van der Waals surface area contributed by atoms with Crippen LogP contribution in [0.25, 0.3) is 0 Å². The molecule has 2 heterocycles. The molecule has 0 saturated heterocycles. The van der Waals surface area contributed by atoms with Gasteiger partial charge in [0.2, 0.25) is 0 Å². The number of aromatic nitrogens is 2. The van der Waals surface area contributed by atoms with Crippen molar-refractivity contribution in [2.24, 2.45) is 0 Å². The summed E-state index contributed by atoms with van der Waals surface area (Å²) in [6.07, 6.45) is -3.93. The zero-order valence-corrected chi connectivity index (χ0v) is 8.91. The van der Waals surface area contributed by atoms with E-state index < -0.39 is 29.6 Å². The fraction of sp³-hybridized carbons (Fsp3) is 0.444. The highest BCUT2D eigenvalue weighted by Gasteiger charge is 2.40. The van der Waals surface area contributed by atoms with Gasteiger partial charge in [0.25, 0.3) is 0 Å². The molecule has 1 aliphatic heterocycles. The second-order valence-electron chi connectivity index (χ2n) is 3.74. The van der Waals surface area contributed by atoms with Gasteiger partial charge < -0.3 is 15.0 Å². The lowest BCUT2D eigenvalue weighted by atomic mass is 10.3. The first kappa shape index (κ1) is 12.4. The minimum absolute atomic E-state index is 0.366. The van der Waals surface area contributed by atoms with Crippen molar-refractivity contribution in [3.8, 4) is 0 Å². The van der Waals surface area contributed by atoms with Gasteiger partial charge in [0, 0.05) is 13.0 Å². The number of carbonyl (C=O) groups excluding carboxylic acids is 1. The SMILES string of the molecule is O=C(O)c1c(NC(=O)C(F)(F)F)nc2n1CCC2. The number of aromatic carboxylic acids is 1. The van der Waals surface area contributed by atoms with E-state index in [0.717, 1.165) is 0 Å². The summed E-state index contributed by atoms with van der Waals surface area (Å²) in [5.74, 6) is -3.85. The van der Waals surface area contributed by atoms with Crippen LogP contribution in [0.1, 0.15) is 22.7 Å². The molecule has 0 bridgehead atoms. The fourth-order valence-electron chi connectivity index (χ4n) is 1.81. The summed E-state index contributed by atoms with van der Waals surface area (Å²) in [4.78, 5) is 25.5. The van der Waals surface area contributed by atoms with Crippen molar-refractivity contribution < 1.29 is 27.9 Å². The minimum Gasteiger partial charge on any atom is -0.476 e. The summed E-state index contributed by atoms with van der Waals surface area (Å²) >= 11 is 0. The molecule has 1 aliphatic rings. The zero-order chi connectivity index (χ0) is 13.5. The van der Waals surface area contributed by atoms with Crippen LogP contribution in [0.2, 0.25) is 0 Å². The highest BCUT2D eigenvalue weighted by Crippen LogP contribution is 2.25. The number of amides is 1. The first-order valence-electron chi connectivity index (χ1n) is 5.01. The second-order valence-corrected chi connectivity index (χ2v) is 3.74. The number of carboxylic acids is 1. The van der Waals surface area contributed by atoms with Gasteiger partial charge >= 0.3 is 18.1 Å². The van der Waals surface area contributed by atoms with E-state index in [4.69, 9.17) is 5.11 Å². The molecule has 18 heavy (non-hydrogen) atoms. The van der Waals surface area contributed by atoms with Crippen molar-refractivity contribution in [2.45, 2.75) is 25.6 Å². The van der Waals surface area contributed by atoms with E-state index in [9.17, 15) is 22.8 Å². The molecule has 0 aromatic carbocycles. The maximum absolute atomic E-state index is 12.1. The molecule has 0 saturated carbocycles. The lowest BCUT2D eigenvalue weighted by molar-refractivity contribution is -0.167. The Morgan fingerprint density at radius 2 is 2.06 bits per heavy atom. The number of nitrogens with zero attached hydrogens (tertiary/aromatic N) is 2. The Morgan fingerprint density at radius 1 is 1.39 bits per heavy atom.